The molecule has 4 aliphatic rings. The Labute approximate surface area is 183 Å². The molecule has 5 rings (SSSR count). The number of hydrogen-bond donors (Lipinski definition) is 3. The van der Waals surface area contributed by atoms with E-state index in [-0.39, 0.29) is 24.1 Å². The molecular formula is C24H32N4O3. The highest BCUT2D eigenvalue weighted by atomic mass is 16.2. The molecule has 3 amide bonds. The fourth-order valence-corrected chi connectivity index (χ4v) is 5.96. The number of fused-ring (bicyclic) bond motifs is 1. The third-order valence-electron chi connectivity index (χ3n) is 8.00. The van der Waals surface area contributed by atoms with Crippen molar-refractivity contribution in [1.29, 1.82) is 0 Å². The van der Waals surface area contributed by atoms with Gasteiger partial charge in [0.25, 0.3) is 5.91 Å². The SMILES string of the molecule is O=C1CCC(N2Cc3cccc(CNCC4(C5CCC5)CCNCC4)c3C2=O)C(=O)N1. The van der Waals surface area contributed by atoms with Gasteiger partial charge < -0.3 is 15.5 Å². The minimum absolute atomic E-state index is 0.0857. The fraction of sp³-hybridized carbons (Fsp3) is 0.625. The maximum atomic E-state index is 13.3. The standard InChI is InChI=1S/C24H32N4O3/c29-20-8-7-19(22(30)27-20)28-14-17-4-1-3-16(21(17)23(28)31)13-26-15-24(18-5-2-6-18)9-11-25-12-10-24/h1,3-4,18-19,25-26H,2,5-15H2,(H,27,29,30). The lowest BCUT2D eigenvalue weighted by Gasteiger charge is -2.48. The van der Waals surface area contributed by atoms with E-state index in [0.29, 0.717) is 24.9 Å². The quantitative estimate of drug-likeness (QED) is 0.605. The van der Waals surface area contributed by atoms with E-state index in [1.807, 2.05) is 18.2 Å². The summed E-state index contributed by atoms with van der Waals surface area (Å²) in [7, 11) is 0. The highest BCUT2D eigenvalue weighted by molar-refractivity contribution is 6.05. The van der Waals surface area contributed by atoms with Gasteiger partial charge in [-0.25, -0.2) is 0 Å². The van der Waals surface area contributed by atoms with Gasteiger partial charge in [0.05, 0.1) is 0 Å². The number of amides is 3. The van der Waals surface area contributed by atoms with Crippen LogP contribution in [0.25, 0.3) is 0 Å². The second-order valence-electron chi connectivity index (χ2n) is 9.69. The van der Waals surface area contributed by atoms with Gasteiger partial charge in [-0.3, -0.25) is 19.7 Å². The molecule has 7 heteroatoms. The molecule has 1 aliphatic carbocycles. The van der Waals surface area contributed by atoms with Gasteiger partial charge in [0.2, 0.25) is 11.8 Å². The zero-order valence-electron chi connectivity index (χ0n) is 18.0. The summed E-state index contributed by atoms with van der Waals surface area (Å²) in [6, 6.07) is 5.44. The molecule has 0 spiro atoms. The zero-order valence-corrected chi connectivity index (χ0v) is 18.0. The number of hydrogen-bond acceptors (Lipinski definition) is 5. The maximum Gasteiger partial charge on any atom is 0.255 e. The number of rotatable bonds is 6. The lowest BCUT2D eigenvalue weighted by Crippen LogP contribution is -2.52. The van der Waals surface area contributed by atoms with Gasteiger partial charge in [0.15, 0.2) is 0 Å². The Bertz CT molecular complexity index is 889. The molecule has 1 unspecified atom stereocenters. The Hall–Kier alpha value is -2.25. The molecule has 3 heterocycles. The second kappa shape index (κ2) is 8.36. The molecule has 166 valence electrons. The molecule has 31 heavy (non-hydrogen) atoms. The van der Waals surface area contributed by atoms with E-state index in [9.17, 15) is 14.4 Å². The molecule has 3 fully saturated rings. The van der Waals surface area contributed by atoms with Crippen LogP contribution in [0, 0.1) is 11.3 Å². The largest absolute Gasteiger partial charge is 0.322 e. The Morgan fingerprint density at radius 1 is 1.10 bits per heavy atom. The van der Waals surface area contributed by atoms with Gasteiger partial charge >= 0.3 is 0 Å². The molecule has 0 aromatic heterocycles. The van der Waals surface area contributed by atoms with E-state index in [4.69, 9.17) is 0 Å². The fourth-order valence-electron chi connectivity index (χ4n) is 5.96. The Morgan fingerprint density at radius 3 is 2.61 bits per heavy atom. The normalized spacial score (nSPS) is 25.9. The van der Waals surface area contributed by atoms with Crippen molar-refractivity contribution in [2.45, 2.75) is 64.1 Å². The van der Waals surface area contributed by atoms with Gasteiger partial charge in [-0.1, -0.05) is 24.6 Å². The van der Waals surface area contributed by atoms with Crippen LogP contribution in [0.1, 0.15) is 66.4 Å². The van der Waals surface area contributed by atoms with Crippen molar-refractivity contribution in [3.05, 3.63) is 34.9 Å². The third kappa shape index (κ3) is 3.78. The number of carbonyl (C=O) groups is 3. The number of carbonyl (C=O) groups excluding carboxylic acids is 3. The Balaban J connectivity index is 1.28. The summed E-state index contributed by atoms with van der Waals surface area (Å²) in [6.07, 6.45) is 7.18. The highest BCUT2D eigenvalue weighted by Gasteiger charge is 2.43. The summed E-state index contributed by atoms with van der Waals surface area (Å²) in [6.45, 7) is 4.29. The maximum absolute atomic E-state index is 13.3. The second-order valence-corrected chi connectivity index (χ2v) is 9.69. The molecular weight excluding hydrogens is 392 g/mol. The molecule has 3 N–H and O–H groups in total. The van der Waals surface area contributed by atoms with Gasteiger partial charge in [-0.2, -0.15) is 0 Å². The van der Waals surface area contributed by atoms with Crippen molar-refractivity contribution in [1.82, 2.24) is 20.9 Å². The van der Waals surface area contributed by atoms with Crippen LogP contribution in [0.2, 0.25) is 0 Å². The molecule has 1 atom stereocenters. The lowest BCUT2D eigenvalue weighted by molar-refractivity contribution is -0.136. The topological polar surface area (TPSA) is 90.5 Å². The average molecular weight is 425 g/mol. The van der Waals surface area contributed by atoms with Crippen LogP contribution in [-0.4, -0.2) is 48.3 Å². The molecule has 1 aromatic rings. The van der Waals surface area contributed by atoms with Crippen LogP contribution < -0.4 is 16.0 Å². The van der Waals surface area contributed by atoms with Crippen LogP contribution in [0.3, 0.4) is 0 Å². The van der Waals surface area contributed by atoms with Crippen LogP contribution in [0.5, 0.6) is 0 Å². The summed E-state index contributed by atoms with van der Waals surface area (Å²) in [5, 5.41) is 9.57. The van der Waals surface area contributed by atoms with Gasteiger partial charge in [-0.05, 0) is 67.7 Å². The summed E-state index contributed by atoms with van der Waals surface area (Å²) >= 11 is 0. The van der Waals surface area contributed by atoms with E-state index in [0.717, 1.165) is 42.2 Å². The van der Waals surface area contributed by atoms with Crippen LogP contribution in [-0.2, 0) is 22.7 Å². The number of nitrogens with one attached hydrogen (secondary N) is 3. The van der Waals surface area contributed by atoms with Crippen molar-refractivity contribution in [2.24, 2.45) is 11.3 Å². The molecule has 0 bridgehead atoms. The van der Waals surface area contributed by atoms with Crippen molar-refractivity contribution in [2.75, 3.05) is 19.6 Å². The molecule has 2 saturated heterocycles. The summed E-state index contributed by atoms with van der Waals surface area (Å²) in [5.74, 6) is 0.129. The summed E-state index contributed by atoms with van der Waals surface area (Å²) < 4.78 is 0. The first-order valence-corrected chi connectivity index (χ1v) is 11.7. The lowest BCUT2D eigenvalue weighted by atomic mass is 9.61. The van der Waals surface area contributed by atoms with E-state index in [1.165, 1.54) is 32.1 Å². The molecule has 7 nitrogen and oxygen atoms in total. The molecule has 3 aliphatic heterocycles. The predicted molar refractivity (Wildman–Crippen MR) is 116 cm³/mol. The minimum atomic E-state index is -0.560. The smallest absolute Gasteiger partial charge is 0.255 e. The van der Waals surface area contributed by atoms with E-state index < -0.39 is 6.04 Å². The minimum Gasteiger partial charge on any atom is -0.322 e. The van der Waals surface area contributed by atoms with Gasteiger partial charge in [-0.15, -0.1) is 0 Å². The van der Waals surface area contributed by atoms with E-state index in [2.05, 4.69) is 16.0 Å². The van der Waals surface area contributed by atoms with E-state index in [1.54, 1.807) is 4.90 Å². The zero-order chi connectivity index (χ0) is 21.4. The first kappa shape index (κ1) is 20.6. The average Bonchev–Trinajstić information content (AvgIpc) is 3.05. The van der Waals surface area contributed by atoms with E-state index >= 15 is 0 Å². The van der Waals surface area contributed by atoms with Gasteiger partial charge in [0.1, 0.15) is 6.04 Å². The Kier molecular flexibility index (Phi) is 5.56. The summed E-state index contributed by atoms with van der Waals surface area (Å²) in [4.78, 5) is 38.7. The van der Waals surface area contributed by atoms with Crippen LogP contribution >= 0.6 is 0 Å². The van der Waals surface area contributed by atoms with Crippen LogP contribution in [0.4, 0.5) is 0 Å². The number of benzene rings is 1. The van der Waals surface area contributed by atoms with Crippen molar-refractivity contribution in [3.8, 4) is 0 Å². The monoisotopic (exact) mass is 424 g/mol. The predicted octanol–water partition coefficient (Wildman–Crippen LogP) is 1.71. The Morgan fingerprint density at radius 2 is 1.90 bits per heavy atom. The third-order valence-corrected chi connectivity index (χ3v) is 8.00. The van der Waals surface area contributed by atoms with Gasteiger partial charge in [0, 0.05) is 31.6 Å². The van der Waals surface area contributed by atoms with Crippen molar-refractivity contribution < 1.29 is 14.4 Å². The first-order valence-electron chi connectivity index (χ1n) is 11.7. The first-order chi connectivity index (χ1) is 15.1. The number of nitrogens with zero attached hydrogens (tertiary/aromatic N) is 1. The number of imide groups is 1. The number of piperidine rings is 2. The van der Waals surface area contributed by atoms with Crippen molar-refractivity contribution in [3.63, 3.8) is 0 Å². The molecule has 0 radical (unpaired) electrons. The van der Waals surface area contributed by atoms with Crippen molar-refractivity contribution >= 4 is 17.7 Å². The highest BCUT2D eigenvalue weighted by Crippen LogP contribution is 2.47. The summed E-state index contributed by atoms with van der Waals surface area (Å²) in [5.41, 5.74) is 3.10. The van der Waals surface area contributed by atoms with Crippen LogP contribution in [0.15, 0.2) is 18.2 Å². The molecule has 1 aromatic carbocycles. The molecule has 1 saturated carbocycles.